The van der Waals surface area contributed by atoms with E-state index in [9.17, 15) is 19.2 Å². The fourth-order valence-electron chi connectivity index (χ4n) is 3.98. The van der Waals surface area contributed by atoms with Gasteiger partial charge in [0.1, 0.15) is 11.5 Å². The second kappa shape index (κ2) is 8.38. The molecular weight excluding hydrogens is 434 g/mol. The fraction of sp³-hybridized carbons (Fsp3) is 0.476. The summed E-state index contributed by atoms with van der Waals surface area (Å²) in [6.45, 7) is 3.38. The number of aromatic nitrogens is 4. The van der Waals surface area contributed by atoms with E-state index in [-0.39, 0.29) is 23.8 Å². The van der Waals surface area contributed by atoms with Crippen molar-refractivity contribution < 1.29 is 14.3 Å². The number of hydrogen-bond acceptors (Lipinski definition) is 7. The Labute approximate surface area is 187 Å². The number of nitrogens with zero attached hydrogens (tertiary/aromatic N) is 4. The topological polar surface area (TPSA) is 117 Å². The molecule has 3 aromatic heterocycles. The predicted octanol–water partition coefficient (Wildman–Crippen LogP) is 1.58. The number of aryl methyl sites for hydroxylation is 2. The van der Waals surface area contributed by atoms with Gasteiger partial charge in [-0.05, 0) is 45.1 Å². The molecule has 0 aliphatic heterocycles. The van der Waals surface area contributed by atoms with Crippen LogP contribution in [-0.4, -0.2) is 36.7 Å². The van der Waals surface area contributed by atoms with Crippen molar-refractivity contribution in [1.29, 1.82) is 0 Å². The zero-order chi connectivity index (χ0) is 23.2. The summed E-state index contributed by atoms with van der Waals surface area (Å²) in [6.07, 6.45) is 4.77. The maximum Gasteiger partial charge on any atom is 0.341 e. The number of rotatable bonds is 5. The quantitative estimate of drug-likeness (QED) is 0.579. The third-order valence-electron chi connectivity index (χ3n) is 5.50. The summed E-state index contributed by atoms with van der Waals surface area (Å²) in [4.78, 5) is 55.6. The van der Waals surface area contributed by atoms with Crippen molar-refractivity contribution >= 4 is 39.4 Å². The molecule has 0 fully saturated rings. The number of ether oxygens (including phenoxy) is 1. The second-order valence-electron chi connectivity index (χ2n) is 8.17. The van der Waals surface area contributed by atoms with Gasteiger partial charge in [0.05, 0.1) is 18.0 Å². The van der Waals surface area contributed by atoms with E-state index in [0.29, 0.717) is 10.6 Å². The Bertz CT molecular complexity index is 1340. The lowest BCUT2D eigenvalue weighted by atomic mass is 9.95. The highest BCUT2D eigenvalue weighted by Crippen LogP contribution is 2.38. The van der Waals surface area contributed by atoms with E-state index in [2.05, 4.69) is 10.3 Å². The maximum absolute atomic E-state index is 12.9. The Hall–Kier alpha value is -3.21. The van der Waals surface area contributed by atoms with Crippen LogP contribution < -0.4 is 16.6 Å². The van der Waals surface area contributed by atoms with Gasteiger partial charge in [-0.3, -0.25) is 18.7 Å². The molecule has 0 bridgehead atoms. The molecule has 1 aliphatic carbocycles. The highest BCUT2D eigenvalue weighted by molar-refractivity contribution is 7.17. The molecule has 170 valence electrons. The van der Waals surface area contributed by atoms with Gasteiger partial charge in [0.2, 0.25) is 5.91 Å². The normalized spacial score (nSPS) is 13.4. The highest BCUT2D eigenvalue weighted by atomic mass is 32.1. The van der Waals surface area contributed by atoms with E-state index in [0.717, 1.165) is 40.7 Å². The van der Waals surface area contributed by atoms with E-state index < -0.39 is 23.1 Å². The van der Waals surface area contributed by atoms with E-state index in [4.69, 9.17) is 4.74 Å². The van der Waals surface area contributed by atoms with Crippen molar-refractivity contribution in [1.82, 2.24) is 18.7 Å². The smallest absolute Gasteiger partial charge is 0.341 e. The SMILES string of the molecule is CC(C)OC(=O)c1c(NC(=O)Cn2cnc3c2c(=O)n(C)c(=O)n3C)sc2c1CCCC2. The van der Waals surface area contributed by atoms with Gasteiger partial charge in [0.15, 0.2) is 11.2 Å². The predicted molar refractivity (Wildman–Crippen MR) is 120 cm³/mol. The zero-order valence-corrected chi connectivity index (χ0v) is 19.2. The number of anilines is 1. The number of hydrogen-bond donors (Lipinski definition) is 1. The van der Waals surface area contributed by atoms with E-state index in [1.165, 1.54) is 40.9 Å². The lowest BCUT2D eigenvalue weighted by molar-refractivity contribution is -0.116. The van der Waals surface area contributed by atoms with E-state index >= 15 is 0 Å². The molecule has 1 N–H and O–H groups in total. The lowest BCUT2D eigenvalue weighted by Gasteiger charge is -2.14. The van der Waals surface area contributed by atoms with Crippen LogP contribution in [0.1, 0.15) is 47.5 Å². The summed E-state index contributed by atoms with van der Waals surface area (Å²) in [5.74, 6) is -0.843. The molecule has 0 spiro atoms. The van der Waals surface area contributed by atoms with Crippen molar-refractivity contribution in [2.24, 2.45) is 14.1 Å². The van der Waals surface area contributed by atoms with E-state index in [1.807, 2.05) is 0 Å². The molecule has 11 heteroatoms. The van der Waals surface area contributed by atoms with Crippen LogP contribution in [0.25, 0.3) is 11.2 Å². The Balaban J connectivity index is 1.66. The van der Waals surface area contributed by atoms with Gasteiger partial charge in [-0.15, -0.1) is 11.3 Å². The Kier molecular flexibility index (Phi) is 5.76. The van der Waals surface area contributed by atoms with Crippen molar-refractivity contribution in [3.63, 3.8) is 0 Å². The van der Waals surface area contributed by atoms with Crippen molar-refractivity contribution in [3.8, 4) is 0 Å². The van der Waals surface area contributed by atoms with Gasteiger partial charge >= 0.3 is 11.7 Å². The molecule has 0 saturated carbocycles. The molecule has 0 unspecified atom stereocenters. The number of thiophene rings is 1. The monoisotopic (exact) mass is 459 g/mol. The summed E-state index contributed by atoms with van der Waals surface area (Å²) in [6, 6.07) is 0. The van der Waals surface area contributed by atoms with Gasteiger partial charge in [0, 0.05) is 19.0 Å². The van der Waals surface area contributed by atoms with Gasteiger partial charge in [-0.2, -0.15) is 0 Å². The minimum Gasteiger partial charge on any atom is -0.459 e. The Morgan fingerprint density at radius 2 is 1.91 bits per heavy atom. The number of fused-ring (bicyclic) bond motifs is 2. The molecule has 0 atom stereocenters. The third-order valence-corrected chi connectivity index (χ3v) is 6.71. The first-order chi connectivity index (χ1) is 15.2. The maximum atomic E-state index is 12.9. The van der Waals surface area contributed by atoms with Gasteiger partial charge in [-0.25, -0.2) is 14.6 Å². The highest BCUT2D eigenvalue weighted by Gasteiger charge is 2.28. The molecular formula is C21H25N5O5S. The number of esters is 1. The van der Waals surface area contributed by atoms with Crippen LogP contribution in [0.2, 0.25) is 0 Å². The molecule has 4 rings (SSSR count). The van der Waals surface area contributed by atoms with Crippen LogP contribution in [0, 0.1) is 0 Å². The largest absolute Gasteiger partial charge is 0.459 e. The Morgan fingerprint density at radius 1 is 1.19 bits per heavy atom. The molecule has 1 amide bonds. The second-order valence-corrected chi connectivity index (χ2v) is 9.27. The molecule has 1 aliphatic rings. The van der Waals surface area contributed by atoms with Gasteiger partial charge in [0.25, 0.3) is 5.56 Å². The molecule has 10 nitrogen and oxygen atoms in total. The summed E-state index contributed by atoms with van der Waals surface area (Å²) in [5.41, 5.74) is 0.740. The molecule has 32 heavy (non-hydrogen) atoms. The standard InChI is InChI=1S/C21H25N5O5S/c1-11(2)31-20(29)15-12-7-5-6-8-13(12)32-18(15)23-14(27)9-26-10-22-17-16(26)19(28)25(4)21(30)24(17)3/h10-11H,5-9H2,1-4H3,(H,23,27). The molecule has 0 radical (unpaired) electrons. The van der Waals surface area contributed by atoms with Crippen LogP contribution >= 0.6 is 11.3 Å². The van der Waals surface area contributed by atoms with Crippen molar-refractivity contribution in [2.45, 2.75) is 52.2 Å². The minimum absolute atomic E-state index is 0.162. The van der Waals surface area contributed by atoms with Crippen LogP contribution in [0.4, 0.5) is 5.00 Å². The first kappa shape index (κ1) is 22.0. The average molecular weight is 460 g/mol. The summed E-state index contributed by atoms with van der Waals surface area (Å²) in [7, 11) is 2.90. The third kappa shape index (κ3) is 3.77. The average Bonchev–Trinajstić information content (AvgIpc) is 3.31. The molecule has 0 aromatic carbocycles. The number of carbonyl (C=O) groups is 2. The summed E-state index contributed by atoms with van der Waals surface area (Å²) >= 11 is 1.40. The zero-order valence-electron chi connectivity index (χ0n) is 18.4. The molecule has 0 saturated heterocycles. The van der Waals surface area contributed by atoms with Crippen molar-refractivity contribution in [3.05, 3.63) is 43.2 Å². The molecule has 3 heterocycles. The Morgan fingerprint density at radius 3 is 2.62 bits per heavy atom. The van der Waals surface area contributed by atoms with Crippen LogP contribution in [0.5, 0.6) is 0 Å². The summed E-state index contributed by atoms with van der Waals surface area (Å²) < 4.78 is 9.07. The van der Waals surface area contributed by atoms with Gasteiger partial charge in [-0.1, -0.05) is 0 Å². The summed E-state index contributed by atoms with van der Waals surface area (Å²) in [5, 5.41) is 3.31. The first-order valence-electron chi connectivity index (χ1n) is 10.4. The van der Waals surface area contributed by atoms with Crippen LogP contribution in [0.3, 0.4) is 0 Å². The fourth-order valence-corrected chi connectivity index (χ4v) is 5.27. The minimum atomic E-state index is -0.527. The number of amides is 1. The van der Waals surface area contributed by atoms with Crippen LogP contribution in [0.15, 0.2) is 15.9 Å². The number of carbonyl (C=O) groups excluding carboxylic acids is 2. The van der Waals surface area contributed by atoms with Crippen molar-refractivity contribution in [2.75, 3.05) is 5.32 Å². The number of nitrogens with one attached hydrogen (secondary N) is 1. The lowest BCUT2D eigenvalue weighted by Crippen LogP contribution is -2.37. The number of imidazole rings is 1. The van der Waals surface area contributed by atoms with E-state index in [1.54, 1.807) is 13.8 Å². The first-order valence-corrected chi connectivity index (χ1v) is 11.3. The molecule has 3 aromatic rings. The van der Waals surface area contributed by atoms with Gasteiger partial charge < -0.3 is 14.6 Å². The van der Waals surface area contributed by atoms with Crippen LogP contribution in [-0.2, 0) is 43.0 Å².